The molecule has 30 heavy (non-hydrogen) atoms. The molecule has 5 nitrogen and oxygen atoms in total. The third-order valence-corrected chi connectivity index (χ3v) is 7.05. The van der Waals surface area contributed by atoms with Gasteiger partial charge in [-0.2, -0.15) is 4.31 Å². The SMILES string of the molecule is CN(CC(=O)NC(C)(c1ccccc1)c1ccccc1)S(=O)(=O)c1ccc(Cl)cc1. The van der Waals surface area contributed by atoms with Crippen molar-refractivity contribution in [2.45, 2.75) is 17.4 Å². The second-order valence-electron chi connectivity index (χ2n) is 7.12. The topological polar surface area (TPSA) is 66.5 Å². The predicted octanol–water partition coefficient (Wildman–Crippen LogP) is 4.04. The van der Waals surface area contributed by atoms with Crippen LogP contribution in [0.15, 0.2) is 89.8 Å². The van der Waals surface area contributed by atoms with Gasteiger partial charge in [0.05, 0.1) is 17.0 Å². The maximum Gasteiger partial charge on any atom is 0.243 e. The fourth-order valence-corrected chi connectivity index (χ4v) is 4.50. The van der Waals surface area contributed by atoms with E-state index in [0.717, 1.165) is 15.4 Å². The lowest BCUT2D eigenvalue weighted by molar-refractivity contribution is -0.122. The lowest BCUT2D eigenvalue weighted by atomic mass is 9.84. The Balaban J connectivity index is 1.84. The van der Waals surface area contributed by atoms with Gasteiger partial charge in [-0.25, -0.2) is 8.42 Å². The van der Waals surface area contributed by atoms with Gasteiger partial charge < -0.3 is 5.32 Å². The molecule has 0 radical (unpaired) electrons. The number of likely N-dealkylation sites (N-methyl/N-ethyl adjacent to an activating group) is 1. The molecule has 0 unspecified atom stereocenters. The summed E-state index contributed by atoms with van der Waals surface area (Å²) in [6, 6.07) is 25.0. The number of hydrogen-bond donors (Lipinski definition) is 1. The Morgan fingerprint density at radius 3 is 1.83 bits per heavy atom. The van der Waals surface area contributed by atoms with Crippen molar-refractivity contribution in [1.29, 1.82) is 0 Å². The van der Waals surface area contributed by atoms with Gasteiger partial charge in [0.25, 0.3) is 0 Å². The van der Waals surface area contributed by atoms with Crippen molar-refractivity contribution in [3.63, 3.8) is 0 Å². The second-order valence-corrected chi connectivity index (χ2v) is 9.60. The Morgan fingerprint density at radius 1 is 0.900 bits per heavy atom. The first kappa shape index (κ1) is 22.0. The number of benzene rings is 3. The number of rotatable bonds is 7. The Hall–Kier alpha value is -2.67. The third-order valence-electron chi connectivity index (χ3n) is 4.98. The number of carbonyl (C=O) groups excluding carboxylic acids is 1. The van der Waals surface area contributed by atoms with Gasteiger partial charge in [-0.1, -0.05) is 72.3 Å². The maximum absolute atomic E-state index is 12.9. The smallest absolute Gasteiger partial charge is 0.243 e. The van der Waals surface area contributed by atoms with Crippen molar-refractivity contribution < 1.29 is 13.2 Å². The summed E-state index contributed by atoms with van der Waals surface area (Å²) < 4.78 is 26.6. The van der Waals surface area contributed by atoms with Crippen LogP contribution in [0.4, 0.5) is 0 Å². The Labute approximate surface area is 182 Å². The van der Waals surface area contributed by atoms with Crippen LogP contribution in [0.25, 0.3) is 0 Å². The highest BCUT2D eigenvalue weighted by Gasteiger charge is 2.32. The summed E-state index contributed by atoms with van der Waals surface area (Å²) in [5.74, 6) is -0.412. The minimum Gasteiger partial charge on any atom is -0.342 e. The molecule has 3 aromatic rings. The van der Waals surface area contributed by atoms with Crippen LogP contribution in [-0.4, -0.2) is 32.2 Å². The highest BCUT2D eigenvalue weighted by Crippen LogP contribution is 2.29. The van der Waals surface area contributed by atoms with E-state index < -0.39 is 21.5 Å². The Bertz CT molecular complexity index is 1060. The zero-order valence-corrected chi connectivity index (χ0v) is 18.3. The lowest BCUT2D eigenvalue weighted by Crippen LogP contribution is -2.48. The van der Waals surface area contributed by atoms with Crippen molar-refractivity contribution in [3.05, 3.63) is 101 Å². The largest absolute Gasteiger partial charge is 0.342 e. The Morgan fingerprint density at radius 2 is 1.37 bits per heavy atom. The van der Waals surface area contributed by atoms with E-state index in [9.17, 15) is 13.2 Å². The minimum atomic E-state index is -3.82. The zero-order valence-electron chi connectivity index (χ0n) is 16.7. The van der Waals surface area contributed by atoms with E-state index in [1.54, 1.807) is 0 Å². The Kier molecular flexibility index (Phi) is 6.61. The van der Waals surface area contributed by atoms with Crippen LogP contribution in [0.5, 0.6) is 0 Å². The first-order chi connectivity index (χ1) is 14.2. The molecule has 0 spiro atoms. The quantitative estimate of drug-likeness (QED) is 0.600. The summed E-state index contributed by atoms with van der Waals surface area (Å²) in [5, 5.41) is 3.46. The number of hydrogen-bond acceptors (Lipinski definition) is 3. The number of nitrogens with one attached hydrogen (secondary N) is 1. The monoisotopic (exact) mass is 442 g/mol. The molecule has 156 valence electrons. The summed E-state index contributed by atoms with van der Waals surface area (Å²) >= 11 is 5.84. The average Bonchev–Trinajstić information content (AvgIpc) is 2.75. The molecule has 0 heterocycles. The van der Waals surface area contributed by atoms with Crippen LogP contribution in [0.1, 0.15) is 18.1 Å². The van der Waals surface area contributed by atoms with E-state index in [4.69, 9.17) is 11.6 Å². The molecule has 0 saturated carbocycles. The average molecular weight is 443 g/mol. The van der Waals surface area contributed by atoms with Crippen molar-refractivity contribution in [2.24, 2.45) is 0 Å². The van der Waals surface area contributed by atoms with E-state index >= 15 is 0 Å². The summed E-state index contributed by atoms with van der Waals surface area (Å²) in [5.41, 5.74) is 0.977. The van der Waals surface area contributed by atoms with Gasteiger partial charge in [0.2, 0.25) is 15.9 Å². The molecule has 1 amide bonds. The molecule has 0 atom stereocenters. The van der Waals surface area contributed by atoms with Crippen LogP contribution in [0.3, 0.4) is 0 Å². The summed E-state index contributed by atoms with van der Waals surface area (Å²) in [6.45, 7) is 1.59. The molecule has 0 fully saturated rings. The molecule has 0 aliphatic rings. The highest BCUT2D eigenvalue weighted by molar-refractivity contribution is 7.89. The molecule has 0 saturated heterocycles. The molecule has 0 aromatic heterocycles. The number of amides is 1. The first-order valence-corrected chi connectivity index (χ1v) is 11.2. The van der Waals surface area contributed by atoms with E-state index in [0.29, 0.717) is 5.02 Å². The normalized spacial score (nSPS) is 12.0. The molecule has 7 heteroatoms. The lowest BCUT2D eigenvalue weighted by Gasteiger charge is -2.33. The third kappa shape index (κ3) is 4.73. The first-order valence-electron chi connectivity index (χ1n) is 9.37. The molecular formula is C23H23ClN2O3S. The summed E-state index contributed by atoms with van der Waals surface area (Å²) in [7, 11) is -2.44. The van der Waals surface area contributed by atoms with Crippen LogP contribution in [-0.2, 0) is 20.4 Å². The van der Waals surface area contributed by atoms with Gasteiger partial charge in [-0.05, 0) is 42.3 Å². The standard InChI is InChI=1S/C23H23ClN2O3S/c1-23(18-9-5-3-6-10-18,19-11-7-4-8-12-19)25-22(27)17-26(2)30(28,29)21-15-13-20(24)14-16-21/h3-16H,17H2,1-2H3,(H,25,27). The van der Waals surface area contributed by atoms with Crippen LogP contribution in [0.2, 0.25) is 5.02 Å². The molecule has 0 aliphatic carbocycles. The molecule has 3 rings (SSSR count). The highest BCUT2D eigenvalue weighted by atomic mass is 35.5. The molecule has 3 aromatic carbocycles. The predicted molar refractivity (Wildman–Crippen MR) is 119 cm³/mol. The van der Waals surface area contributed by atoms with Gasteiger partial charge >= 0.3 is 0 Å². The van der Waals surface area contributed by atoms with Crippen LogP contribution in [0, 0.1) is 0 Å². The second kappa shape index (κ2) is 9.00. The van der Waals surface area contributed by atoms with Crippen molar-refractivity contribution in [1.82, 2.24) is 9.62 Å². The minimum absolute atomic E-state index is 0.0797. The maximum atomic E-state index is 12.9. The number of sulfonamides is 1. The van der Waals surface area contributed by atoms with Gasteiger partial charge in [0, 0.05) is 12.1 Å². The number of carbonyl (C=O) groups is 1. The summed E-state index contributed by atoms with van der Waals surface area (Å²) in [4.78, 5) is 13.0. The number of halogens is 1. The van der Waals surface area contributed by atoms with Crippen LogP contribution < -0.4 is 5.32 Å². The van der Waals surface area contributed by atoms with Crippen molar-refractivity contribution in [3.8, 4) is 0 Å². The molecule has 0 bridgehead atoms. The van der Waals surface area contributed by atoms with Gasteiger partial charge in [-0.3, -0.25) is 4.79 Å². The van der Waals surface area contributed by atoms with Gasteiger partial charge in [-0.15, -0.1) is 0 Å². The van der Waals surface area contributed by atoms with Crippen molar-refractivity contribution in [2.75, 3.05) is 13.6 Å². The molecule has 0 aliphatic heterocycles. The van der Waals surface area contributed by atoms with E-state index in [2.05, 4.69) is 5.32 Å². The van der Waals surface area contributed by atoms with Gasteiger partial charge in [0.15, 0.2) is 0 Å². The fourth-order valence-electron chi connectivity index (χ4n) is 3.25. The zero-order chi connectivity index (χ0) is 21.8. The molecule has 1 N–H and O–H groups in total. The van der Waals surface area contributed by atoms with E-state index in [1.165, 1.54) is 31.3 Å². The van der Waals surface area contributed by atoms with Crippen molar-refractivity contribution >= 4 is 27.5 Å². The van der Waals surface area contributed by atoms with E-state index in [-0.39, 0.29) is 11.4 Å². The van der Waals surface area contributed by atoms with Gasteiger partial charge in [0.1, 0.15) is 0 Å². The molecular weight excluding hydrogens is 420 g/mol. The number of nitrogens with zero attached hydrogens (tertiary/aromatic N) is 1. The fraction of sp³-hybridized carbons (Fsp3) is 0.174. The van der Waals surface area contributed by atoms with E-state index in [1.807, 2.05) is 67.6 Å². The van der Waals surface area contributed by atoms with Crippen LogP contribution >= 0.6 is 11.6 Å². The summed E-state index contributed by atoms with van der Waals surface area (Å²) in [6.07, 6.45) is 0.